The lowest BCUT2D eigenvalue weighted by atomic mass is 9.86. The molecule has 1 N–H and O–H groups in total. The summed E-state index contributed by atoms with van der Waals surface area (Å²) in [5.74, 6) is 1.88. The zero-order valence-corrected chi connectivity index (χ0v) is 24.4. The van der Waals surface area contributed by atoms with Crippen LogP contribution in [-0.2, 0) is 12.8 Å². The molecule has 3 aromatic carbocycles. The highest BCUT2D eigenvalue weighted by Crippen LogP contribution is 2.38. The minimum atomic E-state index is -0.590. The molecule has 2 heterocycles. The average Bonchev–Trinajstić information content (AvgIpc) is 3.29. The first-order valence-corrected chi connectivity index (χ1v) is 14.8. The maximum atomic E-state index is 10.9. The van der Waals surface area contributed by atoms with E-state index in [1.165, 1.54) is 33.4 Å². The Morgan fingerprint density at radius 1 is 0.881 bits per heavy atom. The van der Waals surface area contributed by atoms with Gasteiger partial charge in [0, 0.05) is 25.2 Å². The molecule has 1 aliphatic heterocycles. The standard InChI is InChI=1S/C36H38N2O4/c1-25-36(40-2)34(42-37-25)18-17-28-11-5-8-14-33(28)41-24-30(39)23-38-21-19-29(20-22-38)35-31-12-6-3-9-26(31)15-16-27-10-4-7-13-32(27)35/h3-14,17-18,30,39H,15-16,19-24H2,1-2H3. The molecule has 1 aliphatic carbocycles. The number of nitrogens with zero attached hydrogens (tertiary/aromatic N) is 2. The number of para-hydroxylation sites is 1. The third-order valence-electron chi connectivity index (χ3n) is 8.32. The second-order valence-corrected chi connectivity index (χ2v) is 11.1. The Morgan fingerprint density at radius 2 is 1.52 bits per heavy atom. The summed E-state index contributed by atoms with van der Waals surface area (Å²) in [6.07, 6.45) is 7.31. The van der Waals surface area contributed by atoms with Crippen molar-refractivity contribution in [2.24, 2.45) is 0 Å². The predicted octanol–water partition coefficient (Wildman–Crippen LogP) is 6.60. The van der Waals surface area contributed by atoms with Crippen molar-refractivity contribution in [3.63, 3.8) is 0 Å². The average molecular weight is 563 g/mol. The number of aliphatic hydroxyl groups excluding tert-OH is 1. The van der Waals surface area contributed by atoms with E-state index in [1.54, 1.807) is 7.11 Å². The van der Waals surface area contributed by atoms with Crippen LogP contribution in [0.1, 0.15) is 52.1 Å². The van der Waals surface area contributed by atoms with Gasteiger partial charge in [0.1, 0.15) is 24.2 Å². The number of piperidine rings is 1. The number of aromatic nitrogens is 1. The van der Waals surface area contributed by atoms with E-state index in [0.29, 0.717) is 29.5 Å². The SMILES string of the molecule is COc1c(C)noc1C=Cc1ccccc1OCC(O)CN1CCC(=C2c3ccccc3CCc3ccccc32)CC1. The van der Waals surface area contributed by atoms with Gasteiger partial charge in [0.2, 0.25) is 5.76 Å². The quantitative estimate of drug-likeness (QED) is 0.261. The first kappa shape index (κ1) is 28.0. The summed E-state index contributed by atoms with van der Waals surface area (Å²) in [4.78, 5) is 2.36. The molecule has 1 saturated heterocycles. The van der Waals surface area contributed by atoms with Crippen LogP contribution in [0.25, 0.3) is 17.7 Å². The Bertz CT molecular complexity index is 1540. The van der Waals surface area contributed by atoms with E-state index in [4.69, 9.17) is 14.0 Å². The minimum absolute atomic E-state index is 0.223. The summed E-state index contributed by atoms with van der Waals surface area (Å²) < 4.78 is 16.8. The summed E-state index contributed by atoms with van der Waals surface area (Å²) >= 11 is 0. The number of β-amino-alcohol motifs (C(OH)–C–C–N with tert-alkyl or cyclic N) is 1. The minimum Gasteiger partial charge on any atom is -0.491 e. The second kappa shape index (κ2) is 12.8. The molecular weight excluding hydrogens is 524 g/mol. The lowest BCUT2D eigenvalue weighted by Gasteiger charge is -2.32. The van der Waals surface area contributed by atoms with Gasteiger partial charge in [-0.3, -0.25) is 4.90 Å². The van der Waals surface area contributed by atoms with Gasteiger partial charge in [-0.25, -0.2) is 0 Å². The van der Waals surface area contributed by atoms with Gasteiger partial charge in [-0.1, -0.05) is 77.5 Å². The van der Waals surface area contributed by atoms with Crippen molar-refractivity contribution in [3.05, 3.63) is 118 Å². The number of rotatable bonds is 8. The number of ether oxygens (including phenoxy) is 2. The van der Waals surface area contributed by atoms with Crippen LogP contribution in [0.4, 0.5) is 0 Å². The lowest BCUT2D eigenvalue weighted by Crippen LogP contribution is -2.39. The molecule has 4 aromatic rings. The van der Waals surface area contributed by atoms with E-state index in [1.807, 2.05) is 43.3 Å². The van der Waals surface area contributed by atoms with Crippen molar-refractivity contribution in [1.82, 2.24) is 10.1 Å². The van der Waals surface area contributed by atoms with Crippen molar-refractivity contribution < 1.29 is 19.1 Å². The first-order valence-electron chi connectivity index (χ1n) is 14.8. The Kier molecular flexibility index (Phi) is 8.54. The molecule has 6 nitrogen and oxygen atoms in total. The fourth-order valence-electron chi connectivity index (χ4n) is 6.20. The molecular formula is C36H38N2O4. The van der Waals surface area contributed by atoms with Crippen LogP contribution in [0.5, 0.6) is 11.5 Å². The van der Waals surface area contributed by atoms with Crippen LogP contribution in [0, 0.1) is 6.92 Å². The number of aliphatic hydroxyl groups is 1. The van der Waals surface area contributed by atoms with Gasteiger partial charge in [0.25, 0.3) is 0 Å². The number of aryl methyl sites for hydroxylation is 3. The van der Waals surface area contributed by atoms with Gasteiger partial charge in [0.05, 0.1) is 7.11 Å². The van der Waals surface area contributed by atoms with Crippen LogP contribution in [-0.4, -0.2) is 54.6 Å². The molecule has 2 aliphatic rings. The molecule has 0 amide bonds. The van der Waals surface area contributed by atoms with Gasteiger partial charge < -0.3 is 19.1 Å². The molecule has 1 fully saturated rings. The largest absolute Gasteiger partial charge is 0.491 e. The first-order chi connectivity index (χ1) is 20.6. The van der Waals surface area contributed by atoms with Gasteiger partial charge in [0.15, 0.2) is 5.75 Å². The smallest absolute Gasteiger partial charge is 0.201 e. The molecule has 1 atom stereocenters. The van der Waals surface area contributed by atoms with E-state index in [9.17, 15) is 5.11 Å². The lowest BCUT2D eigenvalue weighted by molar-refractivity contribution is 0.0655. The Hall–Kier alpha value is -4.13. The van der Waals surface area contributed by atoms with Crippen LogP contribution in [0.15, 0.2) is 82.9 Å². The van der Waals surface area contributed by atoms with Gasteiger partial charge in [-0.2, -0.15) is 0 Å². The number of methoxy groups -OCH3 is 1. The zero-order valence-electron chi connectivity index (χ0n) is 24.4. The molecule has 0 saturated carbocycles. The summed E-state index contributed by atoms with van der Waals surface area (Å²) in [6, 6.07) is 25.6. The fourth-order valence-corrected chi connectivity index (χ4v) is 6.20. The Labute approximate surface area is 247 Å². The molecule has 0 spiro atoms. The Balaban J connectivity index is 1.09. The third-order valence-corrected chi connectivity index (χ3v) is 8.32. The third kappa shape index (κ3) is 6.06. The normalized spacial score (nSPS) is 16.2. The molecule has 0 radical (unpaired) electrons. The van der Waals surface area contributed by atoms with Gasteiger partial charge in [-0.05, 0) is 78.7 Å². The predicted molar refractivity (Wildman–Crippen MR) is 167 cm³/mol. The molecule has 216 valence electrons. The summed E-state index contributed by atoms with van der Waals surface area (Å²) in [5.41, 5.74) is 10.2. The van der Waals surface area contributed by atoms with Gasteiger partial charge in [-0.15, -0.1) is 0 Å². The molecule has 1 aromatic heterocycles. The summed E-state index contributed by atoms with van der Waals surface area (Å²) in [7, 11) is 1.60. The van der Waals surface area contributed by atoms with Crippen molar-refractivity contribution in [3.8, 4) is 11.5 Å². The van der Waals surface area contributed by atoms with E-state index in [2.05, 4.69) is 58.6 Å². The monoisotopic (exact) mass is 562 g/mol. The highest BCUT2D eigenvalue weighted by atomic mass is 16.5. The van der Waals surface area contributed by atoms with Crippen LogP contribution in [0.2, 0.25) is 0 Å². The number of hydrogen-bond donors (Lipinski definition) is 1. The van der Waals surface area contributed by atoms with Gasteiger partial charge >= 0.3 is 0 Å². The van der Waals surface area contributed by atoms with E-state index in [-0.39, 0.29) is 6.61 Å². The zero-order chi connectivity index (χ0) is 28.9. The van der Waals surface area contributed by atoms with Crippen LogP contribution in [0.3, 0.4) is 0 Å². The van der Waals surface area contributed by atoms with Crippen molar-refractivity contribution in [2.75, 3.05) is 33.4 Å². The second-order valence-electron chi connectivity index (χ2n) is 11.1. The van der Waals surface area contributed by atoms with Crippen molar-refractivity contribution in [1.29, 1.82) is 0 Å². The summed E-state index contributed by atoms with van der Waals surface area (Å²) in [6.45, 7) is 4.51. The van der Waals surface area contributed by atoms with E-state index < -0.39 is 6.10 Å². The van der Waals surface area contributed by atoms with Crippen molar-refractivity contribution >= 4 is 17.7 Å². The number of fused-ring (bicyclic) bond motifs is 2. The highest BCUT2D eigenvalue weighted by molar-refractivity contribution is 5.86. The maximum absolute atomic E-state index is 10.9. The van der Waals surface area contributed by atoms with Crippen LogP contribution < -0.4 is 9.47 Å². The maximum Gasteiger partial charge on any atom is 0.201 e. The highest BCUT2D eigenvalue weighted by Gasteiger charge is 2.24. The number of benzene rings is 3. The van der Waals surface area contributed by atoms with Crippen molar-refractivity contribution in [2.45, 2.75) is 38.7 Å². The molecule has 6 heteroatoms. The molecule has 6 rings (SSSR count). The van der Waals surface area contributed by atoms with E-state index in [0.717, 1.165) is 44.3 Å². The molecule has 42 heavy (non-hydrogen) atoms. The number of hydrogen-bond acceptors (Lipinski definition) is 6. The number of likely N-dealkylation sites (tertiary alicyclic amines) is 1. The molecule has 0 bridgehead atoms. The Morgan fingerprint density at radius 3 is 2.21 bits per heavy atom. The van der Waals surface area contributed by atoms with E-state index >= 15 is 0 Å². The topological polar surface area (TPSA) is 68.0 Å². The van der Waals surface area contributed by atoms with Crippen LogP contribution >= 0.6 is 0 Å². The molecule has 1 unspecified atom stereocenters. The summed E-state index contributed by atoms with van der Waals surface area (Å²) in [5, 5.41) is 14.9. The fraction of sp³-hybridized carbons (Fsp3) is 0.306.